The minimum atomic E-state index is -0.226. The van der Waals surface area contributed by atoms with E-state index in [1.54, 1.807) is 34.1 Å². The molecule has 0 bridgehead atoms. The molecule has 1 atom stereocenters. The van der Waals surface area contributed by atoms with Crippen LogP contribution in [-0.4, -0.2) is 46.5 Å². The van der Waals surface area contributed by atoms with Crippen molar-refractivity contribution in [1.29, 1.82) is 5.26 Å². The molecule has 7 nitrogen and oxygen atoms in total. The Bertz CT molecular complexity index is 908. The number of hydrogen-bond donors (Lipinski definition) is 0. The third-order valence-corrected chi connectivity index (χ3v) is 5.16. The van der Waals surface area contributed by atoms with Crippen molar-refractivity contribution in [3.63, 3.8) is 0 Å². The zero-order chi connectivity index (χ0) is 18.1. The minimum Gasteiger partial charge on any atom is -0.338 e. The second-order valence-corrected chi connectivity index (χ2v) is 6.93. The van der Waals surface area contributed by atoms with Gasteiger partial charge in [0.05, 0.1) is 29.6 Å². The van der Waals surface area contributed by atoms with E-state index in [1.165, 1.54) is 12.4 Å². The summed E-state index contributed by atoms with van der Waals surface area (Å²) in [4.78, 5) is 28.8. The second-order valence-electron chi connectivity index (χ2n) is 6.93. The molecule has 0 saturated carbocycles. The first kappa shape index (κ1) is 16.2. The maximum absolute atomic E-state index is 12.6. The number of carbonyl (C=O) groups is 2. The predicted octanol–water partition coefficient (Wildman–Crippen LogP) is 1.62. The fraction of sp³-hybridized carbons (Fsp3) is 0.316. The average molecular weight is 347 g/mol. The highest BCUT2D eigenvalue weighted by Crippen LogP contribution is 2.42. The van der Waals surface area contributed by atoms with Gasteiger partial charge in [-0.2, -0.15) is 15.5 Å². The smallest absolute Gasteiger partial charge is 0.255 e. The Morgan fingerprint density at radius 2 is 2.12 bits per heavy atom. The molecule has 0 radical (unpaired) electrons. The lowest BCUT2D eigenvalue weighted by Crippen LogP contribution is -2.34. The summed E-state index contributed by atoms with van der Waals surface area (Å²) in [6, 6.07) is 10.8. The van der Waals surface area contributed by atoms with Gasteiger partial charge in [0.1, 0.15) is 0 Å². The lowest BCUT2D eigenvalue weighted by atomic mass is 9.86. The number of anilines is 1. The number of aromatic nitrogens is 2. The minimum absolute atomic E-state index is 0.0416. The van der Waals surface area contributed by atoms with Crippen LogP contribution in [0.2, 0.25) is 0 Å². The first-order valence-corrected chi connectivity index (χ1v) is 8.47. The van der Waals surface area contributed by atoms with Gasteiger partial charge < -0.3 is 9.80 Å². The van der Waals surface area contributed by atoms with Gasteiger partial charge in [-0.1, -0.05) is 6.07 Å². The van der Waals surface area contributed by atoms with Crippen molar-refractivity contribution in [3.05, 3.63) is 53.9 Å². The number of nitrogens with zero attached hydrogens (tertiary/aromatic N) is 5. The van der Waals surface area contributed by atoms with Crippen LogP contribution in [0.15, 0.2) is 42.7 Å². The summed E-state index contributed by atoms with van der Waals surface area (Å²) in [7, 11) is 0. The number of hydrogen-bond acceptors (Lipinski definition) is 5. The van der Waals surface area contributed by atoms with E-state index in [4.69, 9.17) is 5.26 Å². The predicted molar refractivity (Wildman–Crippen MR) is 93.1 cm³/mol. The quantitative estimate of drug-likeness (QED) is 0.823. The van der Waals surface area contributed by atoms with E-state index in [0.717, 1.165) is 12.1 Å². The topological polar surface area (TPSA) is 90.2 Å². The van der Waals surface area contributed by atoms with E-state index in [0.29, 0.717) is 37.2 Å². The monoisotopic (exact) mass is 347 g/mol. The van der Waals surface area contributed by atoms with Gasteiger partial charge in [-0.05, 0) is 30.7 Å². The van der Waals surface area contributed by atoms with Gasteiger partial charge in [-0.25, -0.2) is 0 Å². The van der Waals surface area contributed by atoms with E-state index in [1.807, 2.05) is 6.07 Å². The maximum atomic E-state index is 12.6. The van der Waals surface area contributed by atoms with Crippen LogP contribution in [-0.2, 0) is 4.79 Å². The number of amides is 2. The van der Waals surface area contributed by atoms with Crippen LogP contribution < -0.4 is 4.90 Å². The van der Waals surface area contributed by atoms with Gasteiger partial charge in [-0.3, -0.25) is 9.59 Å². The van der Waals surface area contributed by atoms with Gasteiger partial charge in [-0.15, -0.1) is 0 Å². The molecule has 1 spiro atoms. The van der Waals surface area contributed by atoms with Crippen LogP contribution in [0.5, 0.6) is 0 Å². The number of nitriles is 1. The Morgan fingerprint density at radius 3 is 2.88 bits per heavy atom. The van der Waals surface area contributed by atoms with Crippen molar-refractivity contribution in [2.75, 3.05) is 24.5 Å². The summed E-state index contributed by atoms with van der Waals surface area (Å²) in [5.41, 5.74) is 1.56. The molecule has 2 aliphatic rings. The van der Waals surface area contributed by atoms with Crippen molar-refractivity contribution in [2.45, 2.75) is 12.8 Å². The van der Waals surface area contributed by atoms with Gasteiger partial charge in [0.2, 0.25) is 5.91 Å². The molecular formula is C19H17N5O2. The van der Waals surface area contributed by atoms with Gasteiger partial charge in [0, 0.05) is 37.2 Å². The fourth-order valence-corrected chi connectivity index (χ4v) is 3.86. The van der Waals surface area contributed by atoms with Crippen LogP contribution in [0.4, 0.5) is 5.69 Å². The summed E-state index contributed by atoms with van der Waals surface area (Å²) < 4.78 is 0. The zero-order valence-corrected chi connectivity index (χ0v) is 14.1. The molecule has 2 saturated heterocycles. The molecule has 3 heterocycles. The van der Waals surface area contributed by atoms with Crippen molar-refractivity contribution in [3.8, 4) is 6.07 Å². The van der Waals surface area contributed by atoms with E-state index in [-0.39, 0.29) is 17.2 Å². The number of rotatable bonds is 2. The van der Waals surface area contributed by atoms with E-state index in [9.17, 15) is 9.59 Å². The molecule has 2 aliphatic heterocycles. The SMILES string of the molecule is N#Cc1cccc(N2C[C@]3(CCN(C(=O)c4ccnnc4)C3)CC2=O)c1. The zero-order valence-electron chi connectivity index (χ0n) is 14.1. The molecular weight excluding hydrogens is 330 g/mol. The molecule has 7 heteroatoms. The molecule has 0 unspecified atom stereocenters. The van der Waals surface area contributed by atoms with Crippen LogP contribution in [0.3, 0.4) is 0 Å². The highest BCUT2D eigenvalue weighted by Gasteiger charge is 2.48. The molecule has 1 aromatic heterocycles. The lowest BCUT2D eigenvalue weighted by Gasteiger charge is -2.24. The van der Waals surface area contributed by atoms with Crippen LogP contribution in [0, 0.1) is 16.7 Å². The summed E-state index contributed by atoms with van der Waals surface area (Å²) in [6.07, 6.45) is 4.18. The normalized spacial score (nSPS) is 22.0. The lowest BCUT2D eigenvalue weighted by molar-refractivity contribution is -0.117. The molecule has 2 amide bonds. The number of likely N-dealkylation sites (tertiary alicyclic amines) is 1. The van der Waals surface area contributed by atoms with Gasteiger partial charge in [0.25, 0.3) is 5.91 Å². The van der Waals surface area contributed by atoms with Crippen molar-refractivity contribution < 1.29 is 9.59 Å². The molecule has 4 rings (SSSR count). The number of carbonyl (C=O) groups excluding carboxylic acids is 2. The summed E-state index contributed by atoms with van der Waals surface area (Å²) in [5.74, 6) is -0.0332. The average Bonchev–Trinajstić information content (AvgIpc) is 3.24. The molecule has 0 aliphatic carbocycles. The van der Waals surface area contributed by atoms with Crippen LogP contribution >= 0.6 is 0 Å². The Morgan fingerprint density at radius 1 is 1.23 bits per heavy atom. The standard InChI is InChI=1S/C19H17N5O2/c20-10-14-2-1-3-16(8-14)24-13-19(9-17(24)25)5-7-23(12-19)18(26)15-4-6-21-22-11-15/h1-4,6,8,11H,5,7,9,12-13H2/t19-/m1/s1. The highest BCUT2D eigenvalue weighted by molar-refractivity contribution is 5.97. The maximum Gasteiger partial charge on any atom is 0.255 e. The number of benzene rings is 1. The second kappa shape index (κ2) is 6.23. The van der Waals surface area contributed by atoms with Crippen molar-refractivity contribution >= 4 is 17.5 Å². The molecule has 0 N–H and O–H groups in total. The van der Waals surface area contributed by atoms with E-state index < -0.39 is 0 Å². The summed E-state index contributed by atoms with van der Waals surface area (Å²) in [5, 5.41) is 16.5. The van der Waals surface area contributed by atoms with Crippen LogP contribution in [0.1, 0.15) is 28.8 Å². The van der Waals surface area contributed by atoms with Crippen LogP contribution in [0.25, 0.3) is 0 Å². The molecule has 26 heavy (non-hydrogen) atoms. The summed E-state index contributed by atoms with van der Waals surface area (Å²) in [6.45, 7) is 1.74. The third-order valence-electron chi connectivity index (χ3n) is 5.16. The van der Waals surface area contributed by atoms with Gasteiger partial charge in [0.15, 0.2) is 0 Å². The molecule has 130 valence electrons. The Balaban J connectivity index is 1.52. The largest absolute Gasteiger partial charge is 0.338 e. The molecule has 2 fully saturated rings. The van der Waals surface area contributed by atoms with E-state index >= 15 is 0 Å². The van der Waals surface area contributed by atoms with Crippen molar-refractivity contribution in [2.24, 2.45) is 5.41 Å². The molecule has 2 aromatic rings. The third kappa shape index (κ3) is 2.80. The fourth-order valence-electron chi connectivity index (χ4n) is 3.86. The first-order chi connectivity index (χ1) is 12.6. The summed E-state index contributed by atoms with van der Waals surface area (Å²) >= 11 is 0. The van der Waals surface area contributed by atoms with Crippen molar-refractivity contribution in [1.82, 2.24) is 15.1 Å². The Hall–Kier alpha value is -3.27. The Kier molecular flexibility index (Phi) is 3.88. The Labute approximate surface area is 150 Å². The highest BCUT2D eigenvalue weighted by atomic mass is 16.2. The molecule has 1 aromatic carbocycles. The first-order valence-electron chi connectivity index (χ1n) is 8.47. The van der Waals surface area contributed by atoms with E-state index in [2.05, 4.69) is 16.3 Å². The van der Waals surface area contributed by atoms with Gasteiger partial charge >= 0.3 is 0 Å².